The van der Waals surface area contributed by atoms with Crippen LogP contribution in [0.15, 0.2) is 18.2 Å². The van der Waals surface area contributed by atoms with Gasteiger partial charge in [-0.25, -0.2) is 4.39 Å². The van der Waals surface area contributed by atoms with Crippen LogP contribution in [0.2, 0.25) is 5.02 Å². The summed E-state index contributed by atoms with van der Waals surface area (Å²) in [5, 5.41) is 11.8. The molecule has 0 fully saturated rings. The second-order valence-electron chi connectivity index (χ2n) is 4.47. The van der Waals surface area contributed by atoms with Crippen LogP contribution in [0.3, 0.4) is 0 Å². The molecule has 1 rings (SSSR count). The summed E-state index contributed by atoms with van der Waals surface area (Å²) in [6, 6.07) is 4.27. The van der Waals surface area contributed by atoms with Crippen LogP contribution >= 0.6 is 11.6 Å². The molecule has 17 heavy (non-hydrogen) atoms. The molecule has 0 aliphatic rings. The molecule has 0 saturated heterocycles. The van der Waals surface area contributed by atoms with Gasteiger partial charge in [0.05, 0.1) is 18.6 Å². The van der Waals surface area contributed by atoms with Gasteiger partial charge in [0.25, 0.3) is 0 Å². The molecular formula is C12H15ClFNO2. The van der Waals surface area contributed by atoms with Gasteiger partial charge in [0.2, 0.25) is 5.91 Å². The van der Waals surface area contributed by atoms with E-state index in [1.165, 1.54) is 18.2 Å². The van der Waals surface area contributed by atoms with Crippen molar-refractivity contribution in [2.45, 2.75) is 25.8 Å². The molecule has 3 nitrogen and oxygen atoms in total. The molecule has 0 heterocycles. The summed E-state index contributed by atoms with van der Waals surface area (Å²) < 4.78 is 13.4. The number of aliphatic hydroxyl groups excluding tert-OH is 1. The van der Waals surface area contributed by atoms with E-state index in [2.05, 4.69) is 5.32 Å². The van der Waals surface area contributed by atoms with E-state index in [1.54, 1.807) is 13.8 Å². The third-order valence-electron chi connectivity index (χ3n) is 2.27. The zero-order valence-corrected chi connectivity index (χ0v) is 10.5. The first-order valence-corrected chi connectivity index (χ1v) is 5.58. The second kappa shape index (κ2) is 5.47. The first kappa shape index (κ1) is 13.9. The lowest BCUT2D eigenvalue weighted by molar-refractivity contribution is -0.122. The largest absolute Gasteiger partial charge is 0.394 e. The van der Waals surface area contributed by atoms with Crippen molar-refractivity contribution in [3.63, 3.8) is 0 Å². The van der Waals surface area contributed by atoms with Crippen LogP contribution in [0.5, 0.6) is 0 Å². The van der Waals surface area contributed by atoms with Crippen molar-refractivity contribution in [3.05, 3.63) is 34.6 Å². The van der Waals surface area contributed by atoms with Crippen molar-refractivity contribution in [3.8, 4) is 0 Å². The topological polar surface area (TPSA) is 49.3 Å². The summed E-state index contributed by atoms with van der Waals surface area (Å²) in [5.74, 6) is -0.884. The number of halogens is 2. The van der Waals surface area contributed by atoms with Gasteiger partial charge >= 0.3 is 0 Å². The maximum atomic E-state index is 13.4. The van der Waals surface area contributed by atoms with Crippen LogP contribution < -0.4 is 5.32 Å². The number of carbonyl (C=O) groups excluding carboxylic acids is 1. The third-order valence-corrected chi connectivity index (χ3v) is 2.63. The number of carbonyl (C=O) groups is 1. The summed E-state index contributed by atoms with van der Waals surface area (Å²) in [6.07, 6.45) is -0.144. The van der Waals surface area contributed by atoms with Crippen LogP contribution in [0.25, 0.3) is 0 Å². The molecule has 0 saturated carbocycles. The van der Waals surface area contributed by atoms with Gasteiger partial charge in [0.1, 0.15) is 5.82 Å². The molecule has 0 aliphatic heterocycles. The molecule has 1 aromatic carbocycles. The Labute approximate surface area is 105 Å². The standard InChI is InChI=1S/C12H15ClFNO2/c1-12(2,7-16)15-11(17)6-8-9(13)4-3-5-10(8)14/h3-5,16H,6-7H2,1-2H3,(H,15,17). The summed E-state index contributed by atoms with van der Waals surface area (Å²) in [5.41, 5.74) is -0.560. The Balaban J connectivity index is 2.75. The number of benzene rings is 1. The highest BCUT2D eigenvalue weighted by Gasteiger charge is 2.20. The van der Waals surface area contributed by atoms with Crippen molar-refractivity contribution < 1.29 is 14.3 Å². The summed E-state index contributed by atoms with van der Waals surface area (Å²) in [7, 11) is 0. The lowest BCUT2D eigenvalue weighted by Gasteiger charge is -2.23. The van der Waals surface area contributed by atoms with Gasteiger partial charge in [-0.05, 0) is 26.0 Å². The highest BCUT2D eigenvalue weighted by Crippen LogP contribution is 2.19. The zero-order valence-electron chi connectivity index (χ0n) is 9.76. The molecule has 1 aromatic rings. The van der Waals surface area contributed by atoms with E-state index >= 15 is 0 Å². The maximum Gasteiger partial charge on any atom is 0.225 e. The molecule has 0 aliphatic carbocycles. The van der Waals surface area contributed by atoms with Gasteiger partial charge in [-0.1, -0.05) is 17.7 Å². The molecule has 5 heteroatoms. The van der Waals surface area contributed by atoms with Crippen molar-refractivity contribution in [2.75, 3.05) is 6.61 Å². The summed E-state index contributed by atoms with van der Waals surface area (Å²) >= 11 is 5.81. The smallest absolute Gasteiger partial charge is 0.225 e. The van der Waals surface area contributed by atoms with E-state index in [0.29, 0.717) is 0 Å². The van der Waals surface area contributed by atoms with E-state index in [4.69, 9.17) is 16.7 Å². The Morgan fingerprint density at radius 1 is 1.53 bits per heavy atom. The molecule has 1 amide bonds. The summed E-state index contributed by atoms with van der Waals surface area (Å²) in [4.78, 5) is 11.6. The quantitative estimate of drug-likeness (QED) is 0.868. The van der Waals surface area contributed by atoms with Crippen LogP contribution in [0.1, 0.15) is 19.4 Å². The van der Waals surface area contributed by atoms with E-state index < -0.39 is 11.4 Å². The van der Waals surface area contributed by atoms with Crippen LogP contribution in [0.4, 0.5) is 4.39 Å². The predicted molar refractivity (Wildman–Crippen MR) is 64.4 cm³/mol. The first-order valence-electron chi connectivity index (χ1n) is 5.20. The van der Waals surface area contributed by atoms with Gasteiger partial charge in [-0.3, -0.25) is 4.79 Å². The van der Waals surface area contributed by atoms with Gasteiger partial charge in [-0.2, -0.15) is 0 Å². The molecular weight excluding hydrogens is 245 g/mol. The van der Waals surface area contributed by atoms with Crippen molar-refractivity contribution >= 4 is 17.5 Å². The minimum Gasteiger partial charge on any atom is -0.394 e. The maximum absolute atomic E-state index is 13.4. The monoisotopic (exact) mass is 259 g/mol. The fourth-order valence-electron chi connectivity index (χ4n) is 1.32. The Morgan fingerprint density at radius 3 is 2.71 bits per heavy atom. The number of rotatable bonds is 4. The molecule has 0 spiro atoms. The van der Waals surface area contributed by atoms with Crippen molar-refractivity contribution in [2.24, 2.45) is 0 Å². The van der Waals surface area contributed by atoms with Crippen LogP contribution in [-0.4, -0.2) is 23.2 Å². The number of aliphatic hydroxyl groups is 1. The highest BCUT2D eigenvalue weighted by atomic mass is 35.5. The SMILES string of the molecule is CC(C)(CO)NC(=O)Cc1c(F)cccc1Cl. The van der Waals surface area contributed by atoms with Crippen molar-refractivity contribution in [1.82, 2.24) is 5.32 Å². The molecule has 0 bridgehead atoms. The Bertz CT molecular complexity index is 401. The Hall–Kier alpha value is -1.13. The molecule has 0 radical (unpaired) electrons. The van der Waals surface area contributed by atoms with E-state index in [-0.39, 0.29) is 29.5 Å². The van der Waals surface area contributed by atoms with Gasteiger partial charge < -0.3 is 10.4 Å². The van der Waals surface area contributed by atoms with Crippen molar-refractivity contribution in [1.29, 1.82) is 0 Å². The minimum absolute atomic E-state index is 0.144. The lowest BCUT2D eigenvalue weighted by Crippen LogP contribution is -2.46. The Morgan fingerprint density at radius 2 is 2.18 bits per heavy atom. The van der Waals surface area contributed by atoms with E-state index in [0.717, 1.165) is 0 Å². The number of hydrogen-bond donors (Lipinski definition) is 2. The average Bonchev–Trinajstić information content (AvgIpc) is 2.23. The van der Waals surface area contributed by atoms with Crippen LogP contribution in [0, 0.1) is 5.82 Å². The number of amides is 1. The fraction of sp³-hybridized carbons (Fsp3) is 0.417. The molecule has 0 atom stereocenters. The molecule has 0 aromatic heterocycles. The summed E-state index contributed by atoms with van der Waals surface area (Å²) in [6.45, 7) is 3.16. The predicted octanol–water partition coefficient (Wildman–Crippen LogP) is 1.91. The van der Waals surface area contributed by atoms with Crippen LogP contribution in [-0.2, 0) is 11.2 Å². The first-order chi connectivity index (χ1) is 7.85. The minimum atomic E-state index is -0.727. The van der Waals surface area contributed by atoms with Gasteiger partial charge in [0.15, 0.2) is 0 Å². The highest BCUT2D eigenvalue weighted by molar-refractivity contribution is 6.31. The average molecular weight is 260 g/mol. The normalized spacial score (nSPS) is 11.4. The number of hydrogen-bond acceptors (Lipinski definition) is 2. The molecule has 94 valence electrons. The van der Waals surface area contributed by atoms with Gasteiger partial charge in [-0.15, -0.1) is 0 Å². The van der Waals surface area contributed by atoms with E-state index in [1.807, 2.05) is 0 Å². The Kier molecular flexibility index (Phi) is 4.48. The lowest BCUT2D eigenvalue weighted by atomic mass is 10.1. The zero-order chi connectivity index (χ0) is 13.1. The fourth-order valence-corrected chi connectivity index (χ4v) is 1.55. The molecule has 0 unspecified atom stereocenters. The third kappa shape index (κ3) is 3.98. The molecule has 2 N–H and O–H groups in total. The number of nitrogens with one attached hydrogen (secondary N) is 1. The van der Waals surface area contributed by atoms with Gasteiger partial charge in [0, 0.05) is 10.6 Å². The van der Waals surface area contributed by atoms with E-state index in [9.17, 15) is 9.18 Å². The second-order valence-corrected chi connectivity index (χ2v) is 4.87.